The predicted molar refractivity (Wildman–Crippen MR) is 133 cm³/mol. The van der Waals surface area contributed by atoms with Crippen LogP contribution in [0.3, 0.4) is 0 Å². The summed E-state index contributed by atoms with van der Waals surface area (Å²) in [4.78, 5) is 12.5. The fourth-order valence-electron chi connectivity index (χ4n) is 4.90. The number of phenolic OH excluding ortho intramolecular Hbond substituents is 1. The quantitative estimate of drug-likeness (QED) is 0.314. The maximum Gasteiger partial charge on any atom is 0.229 e. The smallest absolute Gasteiger partial charge is 0.229 e. The van der Waals surface area contributed by atoms with E-state index in [4.69, 9.17) is 18.9 Å². The van der Waals surface area contributed by atoms with Crippen LogP contribution in [0.4, 0.5) is 0 Å². The van der Waals surface area contributed by atoms with Crippen molar-refractivity contribution in [3.8, 4) is 34.1 Å². The Morgan fingerprint density at radius 3 is 2.29 bits per heavy atom. The molecule has 208 valence electrons. The van der Waals surface area contributed by atoms with E-state index in [2.05, 4.69) is 0 Å². The first-order chi connectivity index (χ1) is 18.2. The second-order valence-corrected chi connectivity index (χ2v) is 9.54. The van der Waals surface area contributed by atoms with Crippen molar-refractivity contribution in [1.82, 2.24) is 0 Å². The van der Waals surface area contributed by atoms with E-state index in [0.717, 1.165) is 0 Å². The van der Waals surface area contributed by atoms with E-state index in [-0.39, 0.29) is 41.6 Å². The van der Waals surface area contributed by atoms with Crippen LogP contribution < -0.4 is 14.2 Å². The Kier molecular flexibility index (Phi) is 8.76. The molecular formula is C27H34O11. The molecular weight excluding hydrogens is 500 g/mol. The molecule has 1 saturated heterocycles. The Hall–Kier alpha value is -2.93. The molecule has 2 aromatic rings. The number of aromatic hydroxyl groups is 1. The van der Waals surface area contributed by atoms with Crippen LogP contribution in [0.1, 0.15) is 30.4 Å². The van der Waals surface area contributed by atoms with Crippen LogP contribution in [0.15, 0.2) is 24.3 Å². The average Bonchev–Trinajstić information content (AvgIpc) is 2.92. The number of ether oxygens (including phenoxy) is 4. The predicted octanol–water partition coefficient (Wildman–Crippen LogP) is 0.454. The van der Waals surface area contributed by atoms with Gasteiger partial charge >= 0.3 is 0 Å². The van der Waals surface area contributed by atoms with Gasteiger partial charge in [-0.25, -0.2) is 0 Å². The van der Waals surface area contributed by atoms with Crippen LogP contribution in [-0.4, -0.2) is 94.1 Å². The third kappa shape index (κ3) is 5.44. The van der Waals surface area contributed by atoms with Gasteiger partial charge in [0.15, 0.2) is 17.3 Å². The van der Waals surface area contributed by atoms with Gasteiger partial charge in [-0.3, -0.25) is 4.79 Å². The summed E-state index contributed by atoms with van der Waals surface area (Å²) in [7, 11) is 2.81. The van der Waals surface area contributed by atoms with Gasteiger partial charge in [0.1, 0.15) is 36.3 Å². The maximum absolute atomic E-state index is 12.5. The highest BCUT2D eigenvalue weighted by Gasteiger charge is 2.45. The minimum absolute atomic E-state index is 0.0571. The first-order valence-corrected chi connectivity index (χ1v) is 12.5. The van der Waals surface area contributed by atoms with Gasteiger partial charge in [-0.1, -0.05) is 6.07 Å². The molecule has 11 heteroatoms. The van der Waals surface area contributed by atoms with Gasteiger partial charge < -0.3 is 49.6 Å². The first-order valence-electron chi connectivity index (χ1n) is 12.5. The van der Waals surface area contributed by atoms with Crippen molar-refractivity contribution in [3.63, 3.8) is 0 Å². The number of fused-ring (bicyclic) bond motifs is 5. The molecule has 0 radical (unpaired) electrons. The summed E-state index contributed by atoms with van der Waals surface area (Å²) in [5, 5.41) is 61.7. The standard InChI is InChI=1S/C27H34O11/c1-35-25-16-11-14(5-3-4-6-18(30)19(31)10-13-7-8-17(29)15(16)9-13)24(26(25)36-2)38-27-23(34)22(33)21(32)20(12-28)37-27/h7-9,11,19-23,27-29,31-34H,3-6,10,12H2,1-2H3/t19?,20-,21-,22+,23-,27+/m1/s1. The summed E-state index contributed by atoms with van der Waals surface area (Å²) < 4.78 is 22.9. The molecule has 6 N–H and O–H groups in total. The molecule has 1 heterocycles. The fraction of sp³-hybridized carbons (Fsp3) is 0.519. The van der Waals surface area contributed by atoms with E-state index in [1.54, 1.807) is 18.2 Å². The van der Waals surface area contributed by atoms with Gasteiger partial charge in [-0.05, 0) is 48.6 Å². The lowest BCUT2D eigenvalue weighted by Crippen LogP contribution is -2.60. The summed E-state index contributed by atoms with van der Waals surface area (Å²) in [6.45, 7) is -0.618. The monoisotopic (exact) mass is 534 g/mol. The molecule has 6 atom stereocenters. The highest BCUT2D eigenvalue weighted by molar-refractivity contribution is 5.84. The summed E-state index contributed by atoms with van der Waals surface area (Å²) in [5.74, 6) is 0.133. The molecule has 4 rings (SSSR count). The molecule has 1 aliphatic carbocycles. The third-order valence-electron chi connectivity index (χ3n) is 7.03. The highest BCUT2D eigenvalue weighted by atomic mass is 16.7. The lowest BCUT2D eigenvalue weighted by Gasteiger charge is -2.40. The number of hydrogen-bond acceptors (Lipinski definition) is 11. The minimum atomic E-state index is -1.65. The fourth-order valence-corrected chi connectivity index (χ4v) is 4.90. The lowest BCUT2D eigenvalue weighted by molar-refractivity contribution is -0.277. The number of phenols is 1. The Morgan fingerprint density at radius 1 is 0.895 bits per heavy atom. The Morgan fingerprint density at radius 2 is 1.61 bits per heavy atom. The molecule has 38 heavy (non-hydrogen) atoms. The van der Waals surface area contributed by atoms with Crippen LogP contribution in [0.25, 0.3) is 11.1 Å². The number of hydrogen-bond donors (Lipinski definition) is 6. The van der Waals surface area contributed by atoms with Crippen LogP contribution in [0.2, 0.25) is 0 Å². The van der Waals surface area contributed by atoms with E-state index in [9.17, 15) is 35.4 Å². The van der Waals surface area contributed by atoms with Crippen LogP contribution in [-0.2, 0) is 22.4 Å². The molecule has 1 unspecified atom stereocenters. The van der Waals surface area contributed by atoms with Crippen LogP contribution >= 0.6 is 0 Å². The van der Waals surface area contributed by atoms with Crippen LogP contribution in [0.5, 0.6) is 23.0 Å². The minimum Gasteiger partial charge on any atom is -0.507 e. The van der Waals surface area contributed by atoms with Crippen molar-refractivity contribution >= 4 is 5.78 Å². The zero-order valence-corrected chi connectivity index (χ0v) is 21.2. The van der Waals surface area contributed by atoms with E-state index < -0.39 is 43.4 Å². The van der Waals surface area contributed by atoms with Crippen molar-refractivity contribution in [3.05, 3.63) is 35.4 Å². The zero-order chi connectivity index (χ0) is 27.6. The summed E-state index contributed by atoms with van der Waals surface area (Å²) in [6.07, 6.45) is -6.98. The van der Waals surface area contributed by atoms with Gasteiger partial charge in [0.05, 0.1) is 20.8 Å². The molecule has 1 aliphatic heterocycles. The summed E-state index contributed by atoms with van der Waals surface area (Å²) in [5.41, 5.74) is 2.07. The van der Waals surface area contributed by atoms with Gasteiger partial charge in [0.2, 0.25) is 12.0 Å². The number of carbonyl (C=O) groups is 1. The van der Waals surface area contributed by atoms with Crippen molar-refractivity contribution < 1.29 is 54.4 Å². The van der Waals surface area contributed by atoms with E-state index in [1.165, 1.54) is 20.3 Å². The number of Topliss-reactive ketones (excluding diaryl/α,β-unsaturated/α-hetero) is 1. The molecule has 2 aromatic carbocycles. The molecule has 0 saturated carbocycles. The zero-order valence-electron chi connectivity index (χ0n) is 21.2. The van der Waals surface area contributed by atoms with Crippen molar-refractivity contribution in [1.29, 1.82) is 0 Å². The lowest BCUT2D eigenvalue weighted by atomic mass is 9.94. The number of methoxy groups -OCH3 is 2. The van der Waals surface area contributed by atoms with Crippen LogP contribution in [0, 0.1) is 0 Å². The van der Waals surface area contributed by atoms with Crippen molar-refractivity contribution in [2.75, 3.05) is 20.8 Å². The Balaban J connectivity index is 1.85. The summed E-state index contributed by atoms with van der Waals surface area (Å²) in [6, 6.07) is 6.53. The van der Waals surface area contributed by atoms with Crippen molar-refractivity contribution in [2.45, 2.75) is 68.9 Å². The van der Waals surface area contributed by atoms with Gasteiger partial charge in [-0.2, -0.15) is 0 Å². The van der Waals surface area contributed by atoms with E-state index in [0.29, 0.717) is 41.5 Å². The number of benzene rings is 2. The topological polar surface area (TPSA) is 175 Å². The maximum atomic E-state index is 12.5. The Labute approximate surface area is 219 Å². The van der Waals surface area contributed by atoms with Gasteiger partial charge in [0, 0.05) is 24.0 Å². The number of aliphatic hydroxyl groups excluding tert-OH is 5. The molecule has 11 nitrogen and oxygen atoms in total. The SMILES string of the molecule is COc1c2cc(c(O[C@@H]3O[C@H](CO)[C@@H](O)[C@H](O)[C@H]3O)c1OC)CCCCC(=O)C(O)Cc1ccc(O)c-2c1. The largest absolute Gasteiger partial charge is 0.507 e. The second-order valence-electron chi connectivity index (χ2n) is 9.54. The average molecular weight is 535 g/mol. The number of aliphatic hydroxyl groups is 5. The molecule has 1 fully saturated rings. The molecule has 2 aliphatic rings. The second kappa shape index (κ2) is 11.9. The molecule has 0 amide bonds. The molecule has 0 spiro atoms. The highest BCUT2D eigenvalue weighted by Crippen LogP contribution is 2.50. The molecule has 0 aromatic heterocycles. The normalized spacial score (nSPS) is 28.0. The van der Waals surface area contributed by atoms with Crippen molar-refractivity contribution in [2.24, 2.45) is 0 Å². The number of rotatable bonds is 5. The number of aryl methyl sites for hydroxylation is 1. The van der Waals surface area contributed by atoms with E-state index >= 15 is 0 Å². The number of ketones is 1. The van der Waals surface area contributed by atoms with Gasteiger partial charge in [-0.15, -0.1) is 0 Å². The number of carbonyl (C=O) groups excluding carboxylic acids is 1. The third-order valence-corrected chi connectivity index (χ3v) is 7.03. The Bertz CT molecular complexity index is 1150. The molecule has 4 bridgehead atoms. The summed E-state index contributed by atoms with van der Waals surface area (Å²) >= 11 is 0. The van der Waals surface area contributed by atoms with Gasteiger partial charge in [0.25, 0.3) is 0 Å². The first kappa shape index (κ1) is 28.1. The van der Waals surface area contributed by atoms with E-state index in [1.807, 2.05) is 0 Å².